The standard InChI is InChI=1S/C15H23N3S/c1-2-16-15(7-9-18-8-6-11(15)10-18)14-17-12-4-3-5-13(12)19-14/h11,16H,2-10H2,1H3. The second-order valence-electron chi connectivity index (χ2n) is 6.28. The lowest BCUT2D eigenvalue weighted by atomic mass is 9.79. The second-order valence-corrected chi connectivity index (χ2v) is 7.36. The molecule has 2 aliphatic heterocycles. The molecule has 1 aromatic rings. The van der Waals surface area contributed by atoms with Gasteiger partial charge in [-0.1, -0.05) is 6.92 Å². The van der Waals surface area contributed by atoms with Crippen molar-refractivity contribution in [3.8, 4) is 0 Å². The van der Waals surface area contributed by atoms with E-state index in [1.54, 1.807) is 4.88 Å². The van der Waals surface area contributed by atoms with Crippen molar-refractivity contribution in [3.63, 3.8) is 0 Å². The maximum atomic E-state index is 5.06. The van der Waals surface area contributed by atoms with Gasteiger partial charge in [0.25, 0.3) is 0 Å². The molecule has 4 heteroatoms. The fraction of sp³-hybridized carbons (Fsp3) is 0.800. The monoisotopic (exact) mass is 277 g/mol. The van der Waals surface area contributed by atoms with Crippen LogP contribution in [0.5, 0.6) is 0 Å². The molecule has 2 fully saturated rings. The number of aromatic nitrogens is 1. The smallest absolute Gasteiger partial charge is 0.114 e. The van der Waals surface area contributed by atoms with E-state index in [1.807, 2.05) is 11.3 Å². The maximum absolute atomic E-state index is 5.06. The molecule has 3 aliphatic rings. The van der Waals surface area contributed by atoms with Crippen LogP contribution in [-0.2, 0) is 18.4 Å². The predicted octanol–water partition coefficient (Wildman–Crippen LogP) is 2.16. The minimum absolute atomic E-state index is 0.191. The number of aryl methyl sites for hydroxylation is 2. The Bertz CT molecular complexity index is 462. The van der Waals surface area contributed by atoms with Gasteiger partial charge in [-0.05, 0) is 51.1 Å². The van der Waals surface area contributed by atoms with E-state index in [-0.39, 0.29) is 5.54 Å². The molecule has 2 saturated heterocycles. The zero-order chi connectivity index (χ0) is 12.9. The number of nitrogens with one attached hydrogen (secondary N) is 1. The average Bonchev–Trinajstić information content (AvgIpc) is 3.08. The third kappa shape index (κ3) is 1.80. The lowest BCUT2D eigenvalue weighted by Gasteiger charge is -2.42. The summed E-state index contributed by atoms with van der Waals surface area (Å²) in [4.78, 5) is 9.26. The molecule has 3 heterocycles. The molecule has 1 aliphatic carbocycles. The van der Waals surface area contributed by atoms with Crippen molar-refractivity contribution in [2.24, 2.45) is 5.92 Å². The number of hydrogen-bond donors (Lipinski definition) is 1. The first-order valence-corrected chi connectivity index (χ1v) is 8.60. The Hall–Kier alpha value is -0.450. The second kappa shape index (κ2) is 4.54. The van der Waals surface area contributed by atoms with Gasteiger partial charge in [-0.3, -0.25) is 0 Å². The van der Waals surface area contributed by atoms with Crippen molar-refractivity contribution >= 4 is 11.3 Å². The molecule has 3 nitrogen and oxygen atoms in total. The van der Waals surface area contributed by atoms with Gasteiger partial charge in [0.2, 0.25) is 0 Å². The molecule has 2 bridgehead atoms. The van der Waals surface area contributed by atoms with Crippen molar-refractivity contribution in [3.05, 3.63) is 15.6 Å². The summed E-state index contributed by atoms with van der Waals surface area (Å²) in [6, 6.07) is 0. The van der Waals surface area contributed by atoms with E-state index in [0.717, 1.165) is 12.5 Å². The van der Waals surface area contributed by atoms with Crippen molar-refractivity contribution < 1.29 is 0 Å². The SMILES string of the molecule is CCNC1(c2nc3c(s2)CCC3)CCN2CCC1C2. The Morgan fingerprint density at radius 3 is 3.21 bits per heavy atom. The third-order valence-corrected chi connectivity index (χ3v) is 6.60. The number of rotatable bonds is 3. The lowest BCUT2D eigenvalue weighted by Crippen LogP contribution is -2.53. The molecule has 1 aromatic heterocycles. The van der Waals surface area contributed by atoms with Gasteiger partial charge >= 0.3 is 0 Å². The maximum Gasteiger partial charge on any atom is 0.114 e. The van der Waals surface area contributed by atoms with E-state index in [4.69, 9.17) is 4.98 Å². The molecule has 4 rings (SSSR count). The highest BCUT2D eigenvalue weighted by atomic mass is 32.1. The first kappa shape index (κ1) is 12.3. The zero-order valence-corrected chi connectivity index (χ0v) is 12.6. The van der Waals surface area contributed by atoms with E-state index in [2.05, 4.69) is 17.1 Å². The zero-order valence-electron chi connectivity index (χ0n) is 11.7. The van der Waals surface area contributed by atoms with Crippen molar-refractivity contribution in [2.75, 3.05) is 26.2 Å². The van der Waals surface area contributed by atoms with Crippen LogP contribution in [0.1, 0.15) is 41.8 Å². The molecule has 19 heavy (non-hydrogen) atoms. The Labute approximate surface area is 119 Å². The van der Waals surface area contributed by atoms with E-state index in [1.165, 1.54) is 62.4 Å². The largest absolute Gasteiger partial charge is 0.305 e. The lowest BCUT2D eigenvalue weighted by molar-refractivity contribution is 0.131. The highest BCUT2D eigenvalue weighted by Gasteiger charge is 2.49. The molecule has 0 aromatic carbocycles. The molecule has 0 radical (unpaired) electrons. The summed E-state index contributed by atoms with van der Waals surface area (Å²) in [5.74, 6) is 0.771. The van der Waals surface area contributed by atoms with Gasteiger partial charge in [0.1, 0.15) is 5.01 Å². The topological polar surface area (TPSA) is 28.2 Å². The Kier molecular flexibility index (Phi) is 2.94. The van der Waals surface area contributed by atoms with Crippen molar-refractivity contribution in [1.82, 2.24) is 15.2 Å². The number of nitrogens with zero attached hydrogens (tertiary/aromatic N) is 2. The van der Waals surface area contributed by atoms with Gasteiger partial charge in [-0.2, -0.15) is 0 Å². The Balaban J connectivity index is 1.73. The molecule has 1 N–H and O–H groups in total. The summed E-state index contributed by atoms with van der Waals surface area (Å²) in [6.45, 7) is 7.11. The van der Waals surface area contributed by atoms with E-state index in [0.29, 0.717) is 0 Å². The number of piperidine rings is 1. The Morgan fingerprint density at radius 2 is 2.37 bits per heavy atom. The molecule has 0 spiro atoms. The normalized spacial score (nSPS) is 36.7. The van der Waals surface area contributed by atoms with E-state index < -0.39 is 0 Å². The summed E-state index contributed by atoms with van der Waals surface area (Å²) >= 11 is 2.01. The number of thiazole rings is 1. The first-order valence-electron chi connectivity index (χ1n) is 7.78. The van der Waals surface area contributed by atoms with Crippen LogP contribution in [0.15, 0.2) is 0 Å². The first-order chi connectivity index (χ1) is 9.32. The number of fused-ring (bicyclic) bond motifs is 3. The molecule has 104 valence electrons. The van der Waals surface area contributed by atoms with Gasteiger partial charge in [0.05, 0.1) is 11.2 Å². The fourth-order valence-electron chi connectivity index (χ4n) is 4.26. The van der Waals surface area contributed by atoms with Crippen LogP contribution in [0.3, 0.4) is 0 Å². The molecule has 3 atom stereocenters. The summed E-state index contributed by atoms with van der Waals surface area (Å²) in [7, 11) is 0. The van der Waals surface area contributed by atoms with Crippen LogP contribution in [0.4, 0.5) is 0 Å². The van der Waals surface area contributed by atoms with Crippen LogP contribution in [0.25, 0.3) is 0 Å². The molecular formula is C15H23N3S. The van der Waals surface area contributed by atoms with E-state index >= 15 is 0 Å². The summed E-state index contributed by atoms with van der Waals surface area (Å²) in [5.41, 5.74) is 1.61. The van der Waals surface area contributed by atoms with Gasteiger partial charge in [-0.15, -0.1) is 11.3 Å². The minimum atomic E-state index is 0.191. The molecule has 0 saturated carbocycles. The van der Waals surface area contributed by atoms with Crippen LogP contribution in [0.2, 0.25) is 0 Å². The van der Waals surface area contributed by atoms with Crippen molar-refractivity contribution in [1.29, 1.82) is 0 Å². The average molecular weight is 277 g/mol. The van der Waals surface area contributed by atoms with Gasteiger partial charge in [0.15, 0.2) is 0 Å². The van der Waals surface area contributed by atoms with Gasteiger partial charge in [0, 0.05) is 18.0 Å². The number of hydrogen-bond acceptors (Lipinski definition) is 4. The highest BCUT2D eigenvalue weighted by Crippen LogP contribution is 2.45. The predicted molar refractivity (Wildman–Crippen MR) is 78.7 cm³/mol. The van der Waals surface area contributed by atoms with Crippen LogP contribution in [0, 0.1) is 5.92 Å². The summed E-state index contributed by atoms with van der Waals surface area (Å²) < 4.78 is 0. The van der Waals surface area contributed by atoms with Crippen LogP contribution >= 0.6 is 11.3 Å². The molecule has 0 amide bonds. The van der Waals surface area contributed by atoms with Crippen LogP contribution in [-0.4, -0.2) is 36.1 Å². The minimum Gasteiger partial charge on any atom is -0.305 e. The van der Waals surface area contributed by atoms with E-state index in [9.17, 15) is 0 Å². The highest BCUT2D eigenvalue weighted by molar-refractivity contribution is 7.12. The van der Waals surface area contributed by atoms with Crippen molar-refractivity contribution in [2.45, 2.75) is 44.6 Å². The molecular weight excluding hydrogens is 254 g/mol. The summed E-state index contributed by atoms with van der Waals surface area (Å²) in [5, 5.41) is 5.26. The fourth-order valence-corrected chi connectivity index (χ4v) is 5.69. The summed E-state index contributed by atoms with van der Waals surface area (Å²) in [6.07, 6.45) is 6.39. The Morgan fingerprint density at radius 1 is 1.42 bits per heavy atom. The van der Waals surface area contributed by atoms with Crippen LogP contribution < -0.4 is 5.32 Å². The molecule has 3 unspecified atom stereocenters. The quantitative estimate of drug-likeness (QED) is 0.918. The van der Waals surface area contributed by atoms with Gasteiger partial charge in [-0.25, -0.2) is 4.98 Å². The van der Waals surface area contributed by atoms with Gasteiger partial charge < -0.3 is 10.2 Å². The third-order valence-electron chi connectivity index (χ3n) is 5.26.